The van der Waals surface area contributed by atoms with E-state index in [0.717, 1.165) is 22.6 Å². The number of rotatable bonds is 6. The summed E-state index contributed by atoms with van der Waals surface area (Å²) in [6.07, 6.45) is 1.62. The summed E-state index contributed by atoms with van der Waals surface area (Å²) in [6.45, 7) is 2.53. The molecule has 6 heteroatoms. The zero-order valence-electron chi connectivity index (χ0n) is 15.9. The zero-order chi connectivity index (χ0) is 20.1. The highest BCUT2D eigenvalue weighted by molar-refractivity contribution is 7.99. The molecule has 2 aromatic carbocycles. The Morgan fingerprint density at radius 1 is 1.14 bits per heavy atom. The maximum atomic E-state index is 12.7. The highest BCUT2D eigenvalue weighted by Gasteiger charge is 2.14. The van der Waals surface area contributed by atoms with E-state index in [1.54, 1.807) is 48.1 Å². The average molecular weight is 412 g/mol. The number of nitrogens with zero attached hydrogens (tertiary/aromatic N) is 2. The van der Waals surface area contributed by atoms with Crippen molar-refractivity contribution < 1.29 is 4.79 Å². The van der Waals surface area contributed by atoms with Crippen LogP contribution in [-0.4, -0.2) is 28.6 Å². The number of anilines is 1. The average Bonchev–Trinajstić information content (AvgIpc) is 2.70. The Balaban J connectivity index is 1.70. The van der Waals surface area contributed by atoms with Gasteiger partial charge >= 0.3 is 0 Å². The SMILES string of the molecule is CCSc1ccc(-c2ccc(C(=O)N(C)Cc3ccc(N)cc3Cl)cn2)cc1. The number of carbonyl (C=O) groups is 1. The number of nitrogen functional groups attached to an aromatic ring is 1. The minimum absolute atomic E-state index is 0.110. The van der Waals surface area contributed by atoms with E-state index in [-0.39, 0.29) is 5.91 Å². The highest BCUT2D eigenvalue weighted by atomic mass is 35.5. The fraction of sp³-hybridized carbons (Fsp3) is 0.182. The lowest BCUT2D eigenvalue weighted by atomic mass is 10.1. The van der Waals surface area contributed by atoms with Crippen LogP contribution in [0.25, 0.3) is 11.3 Å². The Labute approximate surface area is 174 Å². The minimum atomic E-state index is -0.110. The molecule has 0 unspecified atom stereocenters. The van der Waals surface area contributed by atoms with Gasteiger partial charge in [-0.15, -0.1) is 11.8 Å². The molecule has 2 N–H and O–H groups in total. The molecule has 0 spiro atoms. The molecule has 28 heavy (non-hydrogen) atoms. The van der Waals surface area contributed by atoms with Gasteiger partial charge < -0.3 is 10.6 Å². The van der Waals surface area contributed by atoms with Gasteiger partial charge in [-0.2, -0.15) is 0 Å². The summed E-state index contributed by atoms with van der Waals surface area (Å²) in [4.78, 5) is 20.0. The summed E-state index contributed by atoms with van der Waals surface area (Å²) in [5.74, 6) is 0.936. The number of hydrogen-bond acceptors (Lipinski definition) is 4. The van der Waals surface area contributed by atoms with E-state index in [1.807, 2.05) is 12.1 Å². The number of thioether (sulfide) groups is 1. The lowest BCUT2D eigenvalue weighted by molar-refractivity contribution is 0.0785. The summed E-state index contributed by atoms with van der Waals surface area (Å²) < 4.78 is 0. The lowest BCUT2D eigenvalue weighted by Gasteiger charge is -2.18. The highest BCUT2D eigenvalue weighted by Crippen LogP contribution is 2.24. The van der Waals surface area contributed by atoms with Crippen LogP contribution in [0.5, 0.6) is 0 Å². The van der Waals surface area contributed by atoms with Gasteiger partial charge in [0.15, 0.2) is 0 Å². The maximum absolute atomic E-state index is 12.7. The smallest absolute Gasteiger partial charge is 0.255 e. The molecule has 144 valence electrons. The van der Waals surface area contributed by atoms with E-state index < -0.39 is 0 Å². The monoisotopic (exact) mass is 411 g/mol. The van der Waals surface area contributed by atoms with Gasteiger partial charge in [0.05, 0.1) is 11.3 Å². The van der Waals surface area contributed by atoms with E-state index in [9.17, 15) is 4.79 Å². The summed E-state index contributed by atoms with van der Waals surface area (Å²) in [7, 11) is 1.74. The molecule has 1 aromatic heterocycles. The van der Waals surface area contributed by atoms with Gasteiger partial charge in [0, 0.05) is 41.0 Å². The van der Waals surface area contributed by atoms with E-state index in [4.69, 9.17) is 17.3 Å². The van der Waals surface area contributed by atoms with Crippen molar-refractivity contribution in [1.82, 2.24) is 9.88 Å². The molecule has 0 aliphatic heterocycles. The number of hydrogen-bond donors (Lipinski definition) is 1. The van der Waals surface area contributed by atoms with E-state index in [2.05, 4.69) is 36.2 Å². The van der Waals surface area contributed by atoms with Gasteiger partial charge in [-0.05, 0) is 47.7 Å². The molecule has 0 saturated heterocycles. The molecule has 0 aliphatic rings. The molecule has 0 fully saturated rings. The summed E-state index contributed by atoms with van der Waals surface area (Å²) in [5.41, 5.74) is 9.58. The number of halogens is 1. The third-order valence-corrected chi connectivity index (χ3v) is 5.55. The van der Waals surface area contributed by atoms with Crippen LogP contribution in [0.4, 0.5) is 5.69 Å². The van der Waals surface area contributed by atoms with Crippen molar-refractivity contribution in [2.75, 3.05) is 18.5 Å². The van der Waals surface area contributed by atoms with Gasteiger partial charge in [0.2, 0.25) is 0 Å². The molecule has 0 saturated carbocycles. The number of pyridine rings is 1. The third kappa shape index (κ3) is 4.86. The van der Waals surface area contributed by atoms with Crippen LogP contribution in [0.2, 0.25) is 5.02 Å². The first-order valence-electron chi connectivity index (χ1n) is 8.96. The minimum Gasteiger partial charge on any atom is -0.399 e. The third-order valence-electron chi connectivity index (χ3n) is 4.30. The fourth-order valence-corrected chi connectivity index (χ4v) is 3.73. The van der Waals surface area contributed by atoms with Gasteiger partial charge in [-0.1, -0.05) is 36.7 Å². The first-order chi connectivity index (χ1) is 13.5. The molecule has 0 atom stereocenters. The Hall–Kier alpha value is -2.50. The second-order valence-corrected chi connectivity index (χ2v) is 8.15. The van der Waals surface area contributed by atoms with Crippen LogP contribution in [0.15, 0.2) is 65.7 Å². The van der Waals surface area contributed by atoms with Crippen molar-refractivity contribution in [2.45, 2.75) is 18.4 Å². The van der Waals surface area contributed by atoms with Crippen molar-refractivity contribution in [2.24, 2.45) is 0 Å². The summed E-state index contributed by atoms with van der Waals surface area (Å²) >= 11 is 8.02. The molecule has 0 radical (unpaired) electrons. The molecular weight excluding hydrogens is 390 g/mol. The standard InChI is InChI=1S/C22H22ClN3OS/c1-3-28-19-9-5-15(6-10-19)21-11-7-16(13-25-21)22(27)26(2)14-17-4-8-18(24)12-20(17)23/h4-13H,3,14,24H2,1-2H3. The van der Waals surface area contributed by atoms with Crippen molar-refractivity contribution in [3.63, 3.8) is 0 Å². The van der Waals surface area contributed by atoms with Crippen LogP contribution >= 0.6 is 23.4 Å². The van der Waals surface area contributed by atoms with Crippen molar-refractivity contribution >= 4 is 35.0 Å². The Bertz CT molecular complexity index is 959. The van der Waals surface area contributed by atoms with Crippen molar-refractivity contribution in [1.29, 1.82) is 0 Å². The first kappa shape index (κ1) is 20.2. The van der Waals surface area contributed by atoms with Crippen molar-refractivity contribution in [3.8, 4) is 11.3 Å². The normalized spacial score (nSPS) is 10.7. The lowest BCUT2D eigenvalue weighted by Crippen LogP contribution is -2.26. The number of carbonyl (C=O) groups excluding carboxylic acids is 1. The van der Waals surface area contributed by atoms with E-state index >= 15 is 0 Å². The second-order valence-electron chi connectivity index (χ2n) is 6.40. The molecule has 3 rings (SSSR count). The van der Waals surface area contributed by atoms with Crippen LogP contribution in [0.3, 0.4) is 0 Å². The largest absolute Gasteiger partial charge is 0.399 e. The molecule has 0 bridgehead atoms. The maximum Gasteiger partial charge on any atom is 0.255 e. The van der Waals surface area contributed by atoms with Crippen LogP contribution in [0, 0.1) is 0 Å². The fourth-order valence-electron chi connectivity index (χ4n) is 2.82. The van der Waals surface area contributed by atoms with Gasteiger partial charge in [-0.25, -0.2) is 0 Å². The topological polar surface area (TPSA) is 59.2 Å². The van der Waals surface area contributed by atoms with Crippen LogP contribution in [-0.2, 0) is 6.54 Å². The van der Waals surface area contributed by atoms with Crippen LogP contribution < -0.4 is 5.73 Å². The molecule has 1 amide bonds. The number of amides is 1. The predicted octanol–water partition coefficient (Wildman–Crippen LogP) is 5.37. The molecule has 3 aromatic rings. The van der Waals surface area contributed by atoms with E-state index in [1.165, 1.54) is 4.90 Å². The van der Waals surface area contributed by atoms with Gasteiger partial charge in [-0.3, -0.25) is 9.78 Å². The second kappa shape index (κ2) is 9.13. The molecule has 4 nitrogen and oxygen atoms in total. The van der Waals surface area contributed by atoms with Gasteiger partial charge in [0.25, 0.3) is 5.91 Å². The molecule has 1 heterocycles. The Morgan fingerprint density at radius 2 is 1.89 bits per heavy atom. The predicted molar refractivity (Wildman–Crippen MR) is 118 cm³/mol. The van der Waals surface area contributed by atoms with Gasteiger partial charge in [0.1, 0.15) is 0 Å². The Kier molecular flexibility index (Phi) is 6.60. The Morgan fingerprint density at radius 3 is 2.50 bits per heavy atom. The number of aromatic nitrogens is 1. The zero-order valence-corrected chi connectivity index (χ0v) is 17.4. The summed E-state index contributed by atoms with van der Waals surface area (Å²) in [6, 6.07) is 17.3. The first-order valence-corrected chi connectivity index (χ1v) is 10.3. The van der Waals surface area contributed by atoms with Crippen molar-refractivity contribution in [3.05, 3.63) is 76.9 Å². The molecular formula is C22H22ClN3OS. The quantitative estimate of drug-likeness (QED) is 0.437. The van der Waals surface area contributed by atoms with E-state index in [0.29, 0.717) is 22.8 Å². The molecule has 0 aliphatic carbocycles. The summed E-state index contributed by atoms with van der Waals surface area (Å²) in [5, 5.41) is 0.554. The number of benzene rings is 2. The van der Waals surface area contributed by atoms with Crippen LogP contribution in [0.1, 0.15) is 22.8 Å². The number of nitrogens with two attached hydrogens (primary N) is 1.